The average Bonchev–Trinajstić information content (AvgIpc) is 2.91. The fourth-order valence-electron chi connectivity index (χ4n) is 2.94. The van der Waals surface area contributed by atoms with E-state index in [9.17, 15) is 9.90 Å². The lowest BCUT2D eigenvalue weighted by Gasteiger charge is -2.35. The van der Waals surface area contributed by atoms with E-state index >= 15 is 0 Å². The second-order valence-corrected chi connectivity index (χ2v) is 8.08. The maximum absolute atomic E-state index is 11.9. The number of β-amino-alcohol motifs (C(OH)–C–C–N with tert-alkyl or cyclic N) is 1. The summed E-state index contributed by atoms with van der Waals surface area (Å²) in [5.74, 6) is 1.31. The Morgan fingerprint density at radius 2 is 1.47 bits per heavy atom. The van der Waals surface area contributed by atoms with Gasteiger partial charge in [-0.2, -0.15) is 0 Å². The Labute approximate surface area is 221 Å². The molecule has 1 saturated heterocycles. The predicted octanol–water partition coefficient (Wildman–Crippen LogP) is 5.12. The summed E-state index contributed by atoms with van der Waals surface area (Å²) >= 11 is 0. The van der Waals surface area contributed by atoms with E-state index in [1.807, 2.05) is 78.8 Å². The molecule has 1 heterocycles. The Morgan fingerprint density at radius 1 is 0.972 bits per heavy atom. The summed E-state index contributed by atoms with van der Waals surface area (Å²) in [6, 6.07) is 7.40. The molecule has 1 fully saturated rings. The van der Waals surface area contributed by atoms with Gasteiger partial charge in [-0.25, -0.2) is 0 Å². The van der Waals surface area contributed by atoms with Gasteiger partial charge in [0.05, 0.1) is 13.7 Å². The quantitative estimate of drug-likeness (QED) is 0.452. The Kier molecular flexibility index (Phi) is 23.0. The van der Waals surface area contributed by atoms with Gasteiger partial charge in [0.1, 0.15) is 12.7 Å². The van der Waals surface area contributed by atoms with E-state index in [0.29, 0.717) is 24.6 Å². The number of rotatable bonds is 9. The molecule has 0 radical (unpaired) electrons. The molecule has 1 unspecified atom stereocenters. The molecule has 2 rings (SSSR count). The number of benzene rings is 1. The highest BCUT2D eigenvalue weighted by Gasteiger charge is 2.21. The Balaban J connectivity index is 0. The molecule has 1 aliphatic rings. The zero-order valence-electron chi connectivity index (χ0n) is 24.6. The van der Waals surface area contributed by atoms with Crippen molar-refractivity contribution in [2.75, 3.05) is 53.0 Å². The van der Waals surface area contributed by atoms with Gasteiger partial charge in [-0.05, 0) is 46.8 Å². The number of aliphatic hydroxyl groups is 1. The number of carbonyl (C=O) groups excluding carboxylic acids is 1. The zero-order chi connectivity index (χ0) is 27.9. The van der Waals surface area contributed by atoms with E-state index in [1.54, 1.807) is 7.11 Å². The molecule has 7 heteroatoms. The molecule has 0 aromatic heterocycles. The van der Waals surface area contributed by atoms with Crippen LogP contribution in [0.5, 0.6) is 11.5 Å². The van der Waals surface area contributed by atoms with Crippen molar-refractivity contribution in [2.24, 2.45) is 0 Å². The van der Waals surface area contributed by atoms with Crippen molar-refractivity contribution in [3.05, 3.63) is 47.7 Å². The van der Waals surface area contributed by atoms with Gasteiger partial charge in [-0.3, -0.25) is 14.6 Å². The number of nitrogens with zero attached hydrogens (tertiary/aromatic N) is 2. The summed E-state index contributed by atoms with van der Waals surface area (Å²) in [5.41, 5.74) is 2.25. The van der Waals surface area contributed by atoms with Crippen LogP contribution in [-0.2, 0) is 4.79 Å². The molecule has 7 nitrogen and oxygen atoms in total. The Morgan fingerprint density at radius 3 is 1.94 bits per heavy atom. The molecular formula is C29H53N3O4. The predicted molar refractivity (Wildman–Crippen MR) is 153 cm³/mol. The lowest BCUT2D eigenvalue weighted by Crippen LogP contribution is -2.51. The van der Waals surface area contributed by atoms with E-state index < -0.39 is 6.10 Å². The summed E-state index contributed by atoms with van der Waals surface area (Å²) in [5, 5.41) is 13.1. The molecule has 0 aliphatic carbocycles. The van der Waals surface area contributed by atoms with E-state index in [1.165, 1.54) is 5.57 Å². The van der Waals surface area contributed by atoms with E-state index in [4.69, 9.17) is 9.47 Å². The number of allylic oxidation sites excluding steroid dienone is 4. The highest BCUT2D eigenvalue weighted by molar-refractivity contribution is 5.79. The number of hydrogen-bond donors (Lipinski definition) is 2. The van der Waals surface area contributed by atoms with Gasteiger partial charge in [0.2, 0.25) is 5.91 Å². The van der Waals surface area contributed by atoms with Gasteiger partial charge in [0.15, 0.2) is 11.5 Å². The molecule has 1 aromatic carbocycles. The number of carbonyl (C=O) groups is 1. The van der Waals surface area contributed by atoms with Crippen LogP contribution < -0.4 is 14.8 Å². The summed E-state index contributed by atoms with van der Waals surface area (Å²) in [6.07, 6.45) is 3.38. The lowest BCUT2D eigenvalue weighted by atomic mass is 10.2. The Hall–Kier alpha value is -2.35. The number of amides is 1. The van der Waals surface area contributed by atoms with Crippen molar-refractivity contribution < 1.29 is 19.4 Å². The number of piperazine rings is 1. The van der Waals surface area contributed by atoms with Gasteiger partial charge in [-0.1, -0.05) is 57.6 Å². The first-order valence-corrected chi connectivity index (χ1v) is 13.2. The molecule has 0 saturated carbocycles. The normalized spacial score (nSPS) is 14.4. The number of aliphatic hydroxyl groups excluding tert-OH is 1. The third-order valence-electron chi connectivity index (χ3n) is 5.15. The minimum Gasteiger partial charge on any atom is -0.493 e. The van der Waals surface area contributed by atoms with Crippen molar-refractivity contribution in [1.82, 2.24) is 15.1 Å². The summed E-state index contributed by atoms with van der Waals surface area (Å²) in [7, 11) is 1.60. The first-order valence-electron chi connectivity index (χ1n) is 13.2. The third-order valence-corrected chi connectivity index (χ3v) is 5.15. The number of para-hydroxylation sites is 2. The maximum Gasteiger partial charge on any atom is 0.238 e. The van der Waals surface area contributed by atoms with Crippen molar-refractivity contribution in [2.45, 2.75) is 68.4 Å². The fraction of sp³-hybridized carbons (Fsp3) is 0.621. The van der Waals surface area contributed by atoms with Crippen LogP contribution in [0.3, 0.4) is 0 Å². The molecule has 208 valence electrons. The number of nitrogens with one attached hydrogen (secondary N) is 1. The van der Waals surface area contributed by atoms with Gasteiger partial charge in [-0.15, -0.1) is 0 Å². The lowest BCUT2D eigenvalue weighted by molar-refractivity contribution is -0.122. The van der Waals surface area contributed by atoms with Crippen LogP contribution in [0.4, 0.5) is 0 Å². The molecule has 2 N–H and O–H groups in total. The zero-order valence-corrected chi connectivity index (χ0v) is 24.6. The monoisotopic (exact) mass is 507 g/mol. The molecule has 36 heavy (non-hydrogen) atoms. The van der Waals surface area contributed by atoms with Crippen molar-refractivity contribution >= 4 is 5.91 Å². The molecular weight excluding hydrogens is 454 g/mol. The maximum atomic E-state index is 11.9. The summed E-state index contributed by atoms with van der Waals surface area (Å²) in [6.45, 7) is 22.4. The molecule has 0 spiro atoms. The second-order valence-electron chi connectivity index (χ2n) is 8.08. The standard InChI is InChI=1S/C20H31N3O4.C5H10.2C2H6/c1-4-16(2)21-20(25)14-23-11-9-22(10-12-23)13-17(24)15-27-19-8-6-5-7-18(19)26-3;1-4-5(2)3;2*1-2/h4-8,17,24H,9-15H2,1-3H3,(H,21,25);4H,1-3H3;2*1-2H3/b16-4+;;;. The van der Waals surface area contributed by atoms with E-state index in [-0.39, 0.29) is 12.5 Å². The molecule has 1 aliphatic heterocycles. The van der Waals surface area contributed by atoms with Gasteiger partial charge < -0.3 is 19.9 Å². The summed E-state index contributed by atoms with van der Waals surface area (Å²) < 4.78 is 10.9. The largest absolute Gasteiger partial charge is 0.493 e. The highest BCUT2D eigenvalue weighted by atomic mass is 16.5. The van der Waals surface area contributed by atoms with E-state index in [2.05, 4.69) is 35.0 Å². The van der Waals surface area contributed by atoms with Crippen molar-refractivity contribution in [3.63, 3.8) is 0 Å². The van der Waals surface area contributed by atoms with Crippen LogP contribution in [0.2, 0.25) is 0 Å². The molecule has 0 bridgehead atoms. The van der Waals surface area contributed by atoms with Crippen LogP contribution in [0.1, 0.15) is 62.3 Å². The number of methoxy groups -OCH3 is 1. The number of ether oxygens (including phenoxy) is 2. The SMILES string of the molecule is C/C=C(\C)NC(=O)CN1CCN(CC(O)COc2ccccc2OC)CC1.CC.CC.CC=C(C)C. The highest BCUT2D eigenvalue weighted by Crippen LogP contribution is 2.25. The minimum absolute atomic E-state index is 0.0179. The minimum atomic E-state index is -0.581. The summed E-state index contributed by atoms with van der Waals surface area (Å²) in [4.78, 5) is 16.3. The van der Waals surface area contributed by atoms with Crippen molar-refractivity contribution in [3.8, 4) is 11.5 Å². The average molecular weight is 508 g/mol. The molecule has 1 amide bonds. The second kappa shape index (κ2) is 23.1. The van der Waals surface area contributed by atoms with Gasteiger partial charge in [0.25, 0.3) is 0 Å². The van der Waals surface area contributed by atoms with E-state index in [0.717, 1.165) is 31.9 Å². The number of hydrogen-bond acceptors (Lipinski definition) is 6. The van der Waals surface area contributed by atoms with Crippen LogP contribution in [0, 0.1) is 0 Å². The Bertz CT molecular complexity index is 738. The van der Waals surface area contributed by atoms with Gasteiger partial charge >= 0.3 is 0 Å². The van der Waals surface area contributed by atoms with Crippen LogP contribution in [0.15, 0.2) is 47.7 Å². The smallest absolute Gasteiger partial charge is 0.238 e. The topological polar surface area (TPSA) is 74.3 Å². The third kappa shape index (κ3) is 17.1. The molecule has 1 atom stereocenters. The fourth-order valence-corrected chi connectivity index (χ4v) is 2.94. The van der Waals surface area contributed by atoms with Crippen LogP contribution in [0.25, 0.3) is 0 Å². The molecule has 1 aromatic rings. The van der Waals surface area contributed by atoms with Gasteiger partial charge in [0, 0.05) is 38.4 Å². The first-order chi connectivity index (χ1) is 17.3. The van der Waals surface area contributed by atoms with Crippen molar-refractivity contribution in [1.29, 1.82) is 0 Å². The van der Waals surface area contributed by atoms with Crippen LogP contribution >= 0.6 is 0 Å². The first kappa shape index (κ1) is 35.8. The van der Waals surface area contributed by atoms with Crippen LogP contribution in [-0.4, -0.2) is 79.9 Å².